The van der Waals surface area contributed by atoms with Crippen molar-refractivity contribution in [1.29, 1.82) is 0 Å². The zero-order valence-electron chi connectivity index (χ0n) is 12.5. The zero-order chi connectivity index (χ0) is 16.0. The summed E-state index contributed by atoms with van der Waals surface area (Å²) in [5.41, 5.74) is 6.75. The van der Waals surface area contributed by atoms with Crippen LogP contribution in [0.4, 0.5) is 0 Å². The fraction of sp³-hybridized carbons (Fsp3) is 0.500. The molecule has 0 radical (unpaired) electrons. The fourth-order valence-electron chi connectivity index (χ4n) is 2.05. The van der Waals surface area contributed by atoms with E-state index in [4.69, 9.17) is 22.7 Å². The highest BCUT2D eigenvalue weighted by Gasteiger charge is 2.22. The molecule has 0 aromatic heterocycles. The van der Waals surface area contributed by atoms with Crippen LogP contribution < -0.4 is 10.5 Å². The van der Waals surface area contributed by atoms with E-state index in [-0.39, 0.29) is 15.9 Å². The second kappa shape index (κ2) is 7.84. The molecule has 0 aliphatic rings. The van der Waals surface area contributed by atoms with Crippen LogP contribution in [-0.4, -0.2) is 33.2 Å². The number of aryl methyl sites for hydroxylation is 1. The lowest BCUT2D eigenvalue weighted by molar-refractivity contribution is 0.171. The van der Waals surface area contributed by atoms with E-state index in [1.165, 1.54) is 6.07 Å². The molecule has 21 heavy (non-hydrogen) atoms. The van der Waals surface area contributed by atoms with Crippen molar-refractivity contribution in [3.63, 3.8) is 0 Å². The van der Waals surface area contributed by atoms with E-state index in [1.54, 1.807) is 26.2 Å². The van der Waals surface area contributed by atoms with Crippen LogP contribution in [0.1, 0.15) is 30.9 Å². The molecule has 0 heterocycles. The third kappa shape index (κ3) is 5.03. The number of hydrogen-bond donors (Lipinski definition) is 2. The molecule has 5 nitrogen and oxygen atoms in total. The minimum atomic E-state index is -3.64. The summed E-state index contributed by atoms with van der Waals surface area (Å²) < 4.78 is 32.8. The summed E-state index contributed by atoms with van der Waals surface area (Å²) in [5, 5.41) is 0. The van der Waals surface area contributed by atoms with E-state index in [9.17, 15) is 8.42 Å². The standard InChI is InChI=1S/C14H22N2O3S2/c1-4-5-12(9-19-3)16-21(17,18)13-8-11(14(15)20)7-6-10(13)2/h6-8,12,16H,4-5,9H2,1-3H3,(H2,15,20). The number of ether oxygens (including phenoxy) is 1. The molecule has 0 bridgehead atoms. The average Bonchev–Trinajstić information content (AvgIpc) is 2.38. The predicted molar refractivity (Wildman–Crippen MR) is 88.0 cm³/mol. The van der Waals surface area contributed by atoms with Gasteiger partial charge in [-0.25, -0.2) is 13.1 Å². The van der Waals surface area contributed by atoms with Gasteiger partial charge in [-0.2, -0.15) is 0 Å². The van der Waals surface area contributed by atoms with E-state index >= 15 is 0 Å². The quantitative estimate of drug-likeness (QED) is 0.709. The molecule has 0 fully saturated rings. The lowest BCUT2D eigenvalue weighted by Gasteiger charge is -2.18. The number of nitrogens with one attached hydrogen (secondary N) is 1. The van der Waals surface area contributed by atoms with Crippen LogP contribution in [-0.2, 0) is 14.8 Å². The topological polar surface area (TPSA) is 81.4 Å². The number of hydrogen-bond acceptors (Lipinski definition) is 4. The van der Waals surface area contributed by atoms with Gasteiger partial charge in [0.2, 0.25) is 10.0 Å². The highest BCUT2D eigenvalue weighted by molar-refractivity contribution is 7.89. The fourth-order valence-corrected chi connectivity index (χ4v) is 3.70. The second-order valence-corrected chi connectivity index (χ2v) is 7.03. The molecule has 0 saturated heterocycles. The molecule has 0 spiro atoms. The van der Waals surface area contributed by atoms with Gasteiger partial charge in [-0.1, -0.05) is 37.7 Å². The van der Waals surface area contributed by atoms with Gasteiger partial charge in [-0.05, 0) is 25.0 Å². The minimum Gasteiger partial charge on any atom is -0.389 e. The molecule has 0 aliphatic carbocycles. The lowest BCUT2D eigenvalue weighted by Crippen LogP contribution is -2.38. The van der Waals surface area contributed by atoms with E-state index < -0.39 is 10.0 Å². The van der Waals surface area contributed by atoms with Crippen molar-refractivity contribution in [2.75, 3.05) is 13.7 Å². The molecule has 1 unspecified atom stereocenters. The number of methoxy groups -OCH3 is 1. The van der Waals surface area contributed by atoms with Crippen molar-refractivity contribution in [3.8, 4) is 0 Å². The number of thiocarbonyl (C=S) groups is 1. The van der Waals surface area contributed by atoms with Gasteiger partial charge in [0.15, 0.2) is 0 Å². The maximum Gasteiger partial charge on any atom is 0.241 e. The van der Waals surface area contributed by atoms with Gasteiger partial charge < -0.3 is 10.5 Å². The number of nitrogens with two attached hydrogens (primary N) is 1. The first-order valence-electron chi connectivity index (χ1n) is 6.73. The van der Waals surface area contributed by atoms with Crippen LogP contribution in [0.15, 0.2) is 23.1 Å². The summed E-state index contributed by atoms with van der Waals surface area (Å²) in [7, 11) is -2.08. The first-order chi connectivity index (χ1) is 9.81. The van der Waals surface area contributed by atoms with Crippen molar-refractivity contribution in [1.82, 2.24) is 4.72 Å². The number of benzene rings is 1. The van der Waals surface area contributed by atoms with Crippen molar-refractivity contribution in [2.45, 2.75) is 37.6 Å². The Bertz CT molecular complexity index is 594. The minimum absolute atomic E-state index is 0.174. The molecular formula is C14H22N2O3S2. The van der Waals surface area contributed by atoms with Crippen LogP contribution in [0.2, 0.25) is 0 Å². The second-order valence-electron chi connectivity index (χ2n) is 4.91. The normalized spacial score (nSPS) is 13.1. The number of sulfonamides is 1. The Kier molecular flexibility index (Phi) is 6.73. The van der Waals surface area contributed by atoms with Crippen molar-refractivity contribution in [3.05, 3.63) is 29.3 Å². The third-order valence-electron chi connectivity index (χ3n) is 3.09. The zero-order valence-corrected chi connectivity index (χ0v) is 14.2. The monoisotopic (exact) mass is 330 g/mol. The lowest BCUT2D eigenvalue weighted by atomic mass is 10.1. The first kappa shape index (κ1) is 18.0. The van der Waals surface area contributed by atoms with Crippen LogP contribution >= 0.6 is 12.2 Å². The van der Waals surface area contributed by atoms with Gasteiger partial charge in [-0.3, -0.25) is 0 Å². The van der Waals surface area contributed by atoms with Gasteiger partial charge >= 0.3 is 0 Å². The van der Waals surface area contributed by atoms with Crippen LogP contribution in [0, 0.1) is 6.92 Å². The average molecular weight is 330 g/mol. The maximum absolute atomic E-state index is 12.5. The molecule has 1 aromatic carbocycles. The van der Waals surface area contributed by atoms with Gasteiger partial charge in [0.25, 0.3) is 0 Å². The molecular weight excluding hydrogens is 308 g/mol. The molecule has 0 aliphatic heterocycles. The van der Waals surface area contributed by atoms with E-state index in [1.807, 2.05) is 6.92 Å². The van der Waals surface area contributed by atoms with Crippen molar-refractivity contribution >= 4 is 27.2 Å². The Morgan fingerprint density at radius 2 is 2.14 bits per heavy atom. The summed E-state index contributed by atoms with van der Waals surface area (Å²) >= 11 is 4.90. The highest BCUT2D eigenvalue weighted by Crippen LogP contribution is 2.18. The third-order valence-corrected chi connectivity index (χ3v) is 4.99. The van der Waals surface area contributed by atoms with Gasteiger partial charge in [0.05, 0.1) is 11.5 Å². The van der Waals surface area contributed by atoms with E-state index in [2.05, 4.69) is 4.72 Å². The predicted octanol–water partition coefficient (Wildman–Crippen LogP) is 1.72. The molecule has 0 amide bonds. The molecule has 1 atom stereocenters. The summed E-state index contributed by atoms with van der Waals surface area (Å²) in [6.45, 7) is 4.07. The summed E-state index contributed by atoms with van der Waals surface area (Å²) in [4.78, 5) is 0.374. The van der Waals surface area contributed by atoms with Crippen molar-refractivity contribution < 1.29 is 13.2 Å². The Balaban J connectivity index is 3.11. The SMILES string of the molecule is CCCC(COC)NS(=O)(=O)c1cc(C(N)=S)ccc1C. The van der Waals surface area contributed by atoms with Crippen LogP contribution in [0.25, 0.3) is 0 Å². The molecule has 118 valence electrons. The Morgan fingerprint density at radius 1 is 1.48 bits per heavy atom. The largest absolute Gasteiger partial charge is 0.389 e. The molecule has 1 rings (SSSR count). The molecule has 3 N–H and O–H groups in total. The van der Waals surface area contributed by atoms with Crippen LogP contribution in [0.3, 0.4) is 0 Å². The Labute approximate surface area is 131 Å². The maximum atomic E-state index is 12.5. The van der Waals surface area contributed by atoms with Gasteiger partial charge in [0.1, 0.15) is 4.99 Å². The van der Waals surface area contributed by atoms with E-state index in [0.717, 1.165) is 6.42 Å². The first-order valence-corrected chi connectivity index (χ1v) is 8.62. The molecule has 7 heteroatoms. The van der Waals surface area contributed by atoms with Gasteiger partial charge in [0, 0.05) is 18.7 Å². The number of rotatable bonds is 8. The van der Waals surface area contributed by atoms with Crippen LogP contribution in [0.5, 0.6) is 0 Å². The molecule has 0 saturated carbocycles. The highest BCUT2D eigenvalue weighted by atomic mass is 32.2. The Morgan fingerprint density at radius 3 is 2.67 bits per heavy atom. The smallest absolute Gasteiger partial charge is 0.241 e. The summed E-state index contributed by atoms with van der Waals surface area (Å²) in [5.74, 6) is 0. The van der Waals surface area contributed by atoms with E-state index in [0.29, 0.717) is 24.2 Å². The molecule has 1 aromatic rings. The Hall–Kier alpha value is -1.02. The summed E-state index contributed by atoms with van der Waals surface area (Å²) in [6, 6.07) is 4.68. The summed E-state index contributed by atoms with van der Waals surface area (Å²) in [6.07, 6.45) is 1.57. The van der Waals surface area contributed by atoms with Crippen molar-refractivity contribution in [2.24, 2.45) is 5.73 Å². The van der Waals surface area contributed by atoms with Gasteiger partial charge in [-0.15, -0.1) is 0 Å².